The van der Waals surface area contributed by atoms with E-state index in [1.54, 1.807) is 16.2 Å². The molecule has 6 heteroatoms. The molecule has 1 aliphatic rings. The molecule has 0 saturated carbocycles. The van der Waals surface area contributed by atoms with Crippen molar-refractivity contribution in [2.75, 3.05) is 6.54 Å². The van der Waals surface area contributed by atoms with E-state index < -0.39 is 5.97 Å². The predicted molar refractivity (Wildman–Crippen MR) is 78.5 cm³/mol. The van der Waals surface area contributed by atoms with Gasteiger partial charge in [0.25, 0.3) is 5.91 Å². The van der Waals surface area contributed by atoms with Gasteiger partial charge in [-0.3, -0.25) is 9.78 Å². The number of amides is 1. The van der Waals surface area contributed by atoms with Crippen LogP contribution in [0, 0.1) is 0 Å². The average Bonchev–Trinajstić information content (AvgIpc) is 3.17. The number of hydrogen-bond acceptors (Lipinski definition) is 4. The second-order valence-corrected chi connectivity index (χ2v) is 5.89. The van der Waals surface area contributed by atoms with E-state index in [4.69, 9.17) is 5.11 Å². The quantitative estimate of drug-likeness (QED) is 0.946. The molecule has 0 radical (unpaired) electrons. The highest BCUT2D eigenvalue weighted by Crippen LogP contribution is 2.35. The summed E-state index contributed by atoms with van der Waals surface area (Å²) >= 11 is 1.64. The van der Waals surface area contributed by atoms with Crippen molar-refractivity contribution in [3.8, 4) is 0 Å². The van der Waals surface area contributed by atoms with Crippen LogP contribution in [0.2, 0.25) is 0 Å². The van der Waals surface area contributed by atoms with E-state index in [-0.39, 0.29) is 23.2 Å². The van der Waals surface area contributed by atoms with Gasteiger partial charge in [-0.05, 0) is 36.4 Å². The molecule has 0 aromatic carbocycles. The van der Waals surface area contributed by atoms with Crippen LogP contribution in [0.1, 0.15) is 44.6 Å². The van der Waals surface area contributed by atoms with Crippen LogP contribution in [0.25, 0.3) is 0 Å². The smallest absolute Gasteiger partial charge is 0.335 e. The number of carboxylic acids is 1. The number of likely N-dealkylation sites (tertiary alicyclic amines) is 1. The lowest BCUT2D eigenvalue weighted by atomic mass is 10.1. The number of carbonyl (C=O) groups is 2. The zero-order valence-corrected chi connectivity index (χ0v) is 12.0. The maximum absolute atomic E-state index is 12.6. The van der Waals surface area contributed by atoms with E-state index in [0.29, 0.717) is 6.54 Å². The molecular weight excluding hydrogens is 288 g/mol. The Balaban J connectivity index is 1.87. The molecule has 1 N–H and O–H groups in total. The molecule has 108 valence electrons. The van der Waals surface area contributed by atoms with E-state index in [1.807, 2.05) is 17.5 Å². The van der Waals surface area contributed by atoms with Gasteiger partial charge in [-0.25, -0.2) is 4.79 Å². The summed E-state index contributed by atoms with van der Waals surface area (Å²) in [6.45, 7) is 0.681. The molecule has 0 unspecified atom stereocenters. The van der Waals surface area contributed by atoms with Gasteiger partial charge >= 0.3 is 5.97 Å². The van der Waals surface area contributed by atoms with Gasteiger partial charge in [-0.15, -0.1) is 11.3 Å². The van der Waals surface area contributed by atoms with Crippen molar-refractivity contribution in [1.29, 1.82) is 0 Å². The molecule has 0 aliphatic carbocycles. The molecule has 3 heterocycles. The first kappa shape index (κ1) is 13.8. The Kier molecular flexibility index (Phi) is 3.70. The maximum Gasteiger partial charge on any atom is 0.335 e. The first-order valence-electron chi connectivity index (χ1n) is 6.70. The van der Waals surface area contributed by atoms with Gasteiger partial charge in [0.1, 0.15) is 5.69 Å². The molecule has 0 bridgehead atoms. The molecule has 1 fully saturated rings. The molecule has 21 heavy (non-hydrogen) atoms. The number of carboxylic acid groups (broad SMARTS) is 1. The van der Waals surface area contributed by atoms with Crippen LogP contribution < -0.4 is 0 Å². The summed E-state index contributed by atoms with van der Waals surface area (Å²) in [5.74, 6) is -1.25. The topological polar surface area (TPSA) is 70.5 Å². The van der Waals surface area contributed by atoms with E-state index in [2.05, 4.69) is 4.98 Å². The fourth-order valence-corrected chi connectivity index (χ4v) is 3.49. The summed E-state index contributed by atoms with van der Waals surface area (Å²) in [5, 5.41) is 11.0. The van der Waals surface area contributed by atoms with Crippen molar-refractivity contribution in [3.05, 3.63) is 52.0 Å². The number of nitrogens with zero attached hydrogens (tertiary/aromatic N) is 2. The highest BCUT2D eigenvalue weighted by Gasteiger charge is 2.31. The van der Waals surface area contributed by atoms with Gasteiger partial charge in [0.15, 0.2) is 0 Å². The van der Waals surface area contributed by atoms with Crippen molar-refractivity contribution in [2.24, 2.45) is 0 Å². The van der Waals surface area contributed by atoms with Gasteiger partial charge in [0.05, 0.1) is 11.6 Å². The van der Waals surface area contributed by atoms with Crippen LogP contribution >= 0.6 is 11.3 Å². The summed E-state index contributed by atoms with van der Waals surface area (Å²) in [6, 6.07) is 6.81. The Morgan fingerprint density at radius 3 is 2.95 bits per heavy atom. The number of pyridine rings is 1. The largest absolute Gasteiger partial charge is 0.478 e. The number of hydrogen-bond donors (Lipinski definition) is 1. The van der Waals surface area contributed by atoms with Gasteiger partial charge in [0, 0.05) is 17.6 Å². The minimum atomic E-state index is -1.05. The molecule has 1 amide bonds. The van der Waals surface area contributed by atoms with Crippen molar-refractivity contribution < 1.29 is 14.7 Å². The maximum atomic E-state index is 12.6. The van der Waals surface area contributed by atoms with E-state index in [9.17, 15) is 9.59 Å². The Morgan fingerprint density at radius 1 is 1.38 bits per heavy atom. The Bertz CT molecular complexity index is 669. The van der Waals surface area contributed by atoms with Crippen LogP contribution in [0.4, 0.5) is 0 Å². The lowest BCUT2D eigenvalue weighted by Gasteiger charge is -2.23. The fraction of sp³-hybridized carbons (Fsp3) is 0.267. The molecule has 5 nitrogen and oxygen atoms in total. The molecule has 2 aromatic rings. The van der Waals surface area contributed by atoms with Gasteiger partial charge in [-0.2, -0.15) is 0 Å². The van der Waals surface area contributed by atoms with Gasteiger partial charge < -0.3 is 10.0 Å². The predicted octanol–water partition coefficient (Wildman–Crippen LogP) is 2.82. The van der Waals surface area contributed by atoms with Crippen molar-refractivity contribution >= 4 is 23.2 Å². The minimum absolute atomic E-state index is 0.0767. The normalized spacial score (nSPS) is 17.9. The summed E-state index contributed by atoms with van der Waals surface area (Å²) in [4.78, 5) is 30.6. The minimum Gasteiger partial charge on any atom is -0.478 e. The average molecular weight is 302 g/mol. The first-order valence-corrected chi connectivity index (χ1v) is 7.58. The second kappa shape index (κ2) is 5.65. The molecular formula is C15H14N2O3S. The Labute approximate surface area is 125 Å². The number of thiophene rings is 1. The number of carbonyl (C=O) groups excluding carboxylic acids is 1. The molecule has 2 aromatic heterocycles. The Hall–Kier alpha value is -2.21. The van der Waals surface area contributed by atoms with Crippen LogP contribution in [0.15, 0.2) is 35.8 Å². The van der Waals surface area contributed by atoms with Crippen LogP contribution in [-0.2, 0) is 0 Å². The highest BCUT2D eigenvalue weighted by atomic mass is 32.1. The summed E-state index contributed by atoms with van der Waals surface area (Å²) in [6.07, 6.45) is 3.25. The first-order chi connectivity index (χ1) is 10.2. The van der Waals surface area contributed by atoms with Crippen molar-refractivity contribution in [1.82, 2.24) is 9.88 Å². The zero-order chi connectivity index (χ0) is 14.8. The van der Waals surface area contributed by atoms with Crippen LogP contribution in [0.5, 0.6) is 0 Å². The molecule has 1 aliphatic heterocycles. The Morgan fingerprint density at radius 2 is 2.24 bits per heavy atom. The van der Waals surface area contributed by atoms with Crippen LogP contribution in [-0.4, -0.2) is 33.4 Å². The second-order valence-electron chi connectivity index (χ2n) is 4.91. The van der Waals surface area contributed by atoms with Crippen molar-refractivity contribution in [2.45, 2.75) is 18.9 Å². The third kappa shape index (κ3) is 2.67. The van der Waals surface area contributed by atoms with E-state index >= 15 is 0 Å². The third-order valence-electron chi connectivity index (χ3n) is 3.61. The standard InChI is InChI=1S/C15H14N2O3S/c18-14(11-9-10(15(19)20)5-6-16-11)17-7-1-3-12(17)13-4-2-8-21-13/h2,4-6,8-9,12H,1,3,7H2,(H,19,20)/t12-/m1/s1. The summed E-state index contributed by atoms with van der Waals surface area (Å²) in [7, 11) is 0. The molecule has 1 atom stereocenters. The number of aromatic nitrogens is 1. The van der Waals surface area contributed by atoms with Crippen LogP contribution in [0.3, 0.4) is 0 Å². The fourth-order valence-electron chi connectivity index (χ4n) is 2.61. The lowest BCUT2D eigenvalue weighted by molar-refractivity contribution is 0.0696. The molecule has 3 rings (SSSR count). The van der Waals surface area contributed by atoms with E-state index in [0.717, 1.165) is 17.7 Å². The number of rotatable bonds is 3. The third-order valence-corrected chi connectivity index (χ3v) is 4.58. The summed E-state index contributed by atoms with van der Waals surface area (Å²) < 4.78 is 0. The molecule has 0 spiro atoms. The monoisotopic (exact) mass is 302 g/mol. The SMILES string of the molecule is O=C(O)c1ccnc(C(=O)N2CCC[C@@H]2c2cccs2)c1. The molecule has 1 saturated heterocycles. The number of aromatic carboxylic acids is 1. The van der Waals surface area contributed by atoms with Gasteiger partial charge in [0.2, 0.25) is 0 Å². The van der Waals surface area contributed by atoms with Crippen molar-refractivity contribution in [3.63, 3.8) is 0 Å². The van der Waals surface area contributed by atoms with Gasteiger partial charge in [-0.1, -0.05) is 6.07 Å². The van der Waals surface area contributed by atoms with E-state index in [1.165, 1.54) is 18.3 Å². The zero-order valence-electron chi connectivity index (χ0n) is 11.2. The summed E-state index contributed by atoms with van der Waals surface area (Å²) in [5.41, 5.74) is 0.276. The highest BCUT2D eigenvalue weighted by molar-refractivity contribution is 7.10. The lowest BCUT2D eigenvalue weighted by Crippen LogP contribution is -2.31.